The first kappa shape index (κ1) is 12.9. The van der Waals surface area contributed by atoms with Gasteiger partial charge in [0.2, 0.25) is 5.91 Å². The molecule has 0 radical (unpaired) electrons. The first-order chi connectivity index (χ1) is 8.69. The topological polar surface area (TPSA) is 29.5 Å². The minimum atomic E-state index is 0.231. The van der Waals surface area contributed by atoms with E-state index in [0.29, 0.717) is 12.3 Å². The molecule has 1 heterocycles. The van der Waals surface area contributed by atoms with E-state index in [9.17, 15) is 4.79 Å². The molecule has 1 amide bonds. The zero-order valence-electron chi connectivity index (χ0n) is 11.2. The van der Waals surface area contributed by atoms with E-state index in [2.05, 4.69) is 6.92 Å². The summed E-state index contributed by atoms with van der Waals surface area (Å²) in [5, 5.41) is 0. The van der Waals surface area contributed by atoms with Crippen molar-refractivity contribution in [1.29, 1.82) is 0 Å². The molecule has 1 aromatic rings. The van der Waals surface area contributed by atoms with Crippen LogP contribution in [0.2, 0.25) is 0 Å². The molecule has 0 aromatic heterocycles. The quantitative estimate of drug-likeness (QED) is 0.821. The summed E-state index contributed by atoms with van der Waals surface area (Å²) >= 11 is 0. The fourth-order valence-electron chi connectivity index (χ4n) is 2.48. The molecule has 1 atom stereocenters. The van der Waals surface area contributed by atoms with Crippen LogP contribution in [0, 0.1) is 5.92 Å². The summed E-state index contributed by atoms with van der Waals surface area (Å²) in [5.74, 6) is 1.68. The van der Waals surface area contributed by atoms with Crippen molar-refractivity contribution in [3.63, 3.8) is 0 Å². The molecule has 1 aliphatic heterocycles. The van der Waals surface area contributed by atoms with Crippen LogP contribution in [-0.4, -0.2) is 31.0 Å². The fraction of sp³-hybridized carbons (Fsp3) is 0.533. The molecule has 1 saturated heterocycles. The number of hydrogen-bond donors (Lipinski definition) is 0. The van der Waals surface area contributed by atoms with Crippen molar-refractivity contribution in [2.75, 3.05) is 20.2 Å². The Morgan fingerprint density at radius 3 is 3.06 bits per heavy atom. The third-order valence-electron chi connectivity index (χ3n) is 3.50. The first-order valence-corrected chi connectivity index (χ1v) is 6.59. The second kappa shape index (κ2) is 5.89. The summed E-state index contributed by atoms with van der Waals surface area (Å²) in [5.41, 5.74) is 1.03. The van der Waals surface area contributed by atoms with Gasteiger partial charge in [-0.2, -0.15) is 0 Å². The van der Waals surface area contributed by atoms with Crippen molar-refractivity contribution in [2.45, 2.75) is 26.2 Å². The standard InChI is InChI=1S/C15H21NO2/c1-12-5-4-8-16(11-12)15(17)10-13-6-3-7-14(9-13)18-2/h3,6-7,9,12H,4-5,8,10-11H2,1-2H3. The number of carbonyl (C=O) groups excluding carboxylic acids is 1. The van der Waals surface area contributed by atoms with Crippen LogP contribution in [0.5, 0.6) is 5.75 Å². The van der Waals surface area contributed by atoms with Gasteiger partial charge in [0.1, 0.15) is 5.75 Å². The van der Waals surface area contributed by atoms with Crippen molar-refractivity contribution in [2.24, 2.45) is 5.92 Å². The van der Waals surface area contributed by atoms with Crippen molar-refractivity contribution >= 4 is 5.91 Å². The summed E-state index contributed by atoms with van der Waals surface area (Å²) in [7, 11) is 1.65. The summed E-state index contributed by atoms with van der Waals surface area (Å²) in [4.78, 5) is 14.2. The average molecular weight is 247 g/mol. The molecule has 0 spiro atoms. The van der Waals surface area contributed by atoms with Crippen LogP contribution >= 0.6 is 0 Å². The van der Waals surface area contributed by atoms with Gasteiger partial charge in [0.15, 0.2) is 0 Å². The highest BCUT2D eigenvalue weighted by molar-refractivity contribution is 5.79. The summed E-state index contributed by atoms with van der Waals surface area (Å²) in [6, 6.07) is 7.75. The van der Waals surface area contributed by atoms with Gasteiger partial charge in [-0.1, -0.05) is 19.1 Å². The molecule has 98 valence electrons. The maximum Gasteiger partial charge on any atom is 0.227 e. The SMILES string of the molecule is COc1cccc(CC(=O)N2CCCC(C)C2)c1. The highest BCUT2D eigenvalue weighted by Crippen LogP contribution is 2.18. The first-order valence-electron chi connectivity index (χ1n) is 6.59. The van der Waals surface area contributed by atoms with E-state index in [-0.39, 0.29) is 5.91 Å². The maximum absolute atomic E-state index is 12.2. The van der Waals surface area contributed by atoms with E-state index < -0.39 is 0 Å². The predicted octanol–water partition coefficient (Wildman–Crippen LogP) is 2.50. The normalized spacial score (nSPS) is 19.7. The van der Waals surface area contributed by atoms with E-state index in [0.717, 1.165) is 30.8 Å². The van der Waals surface area contributed by atoms with Gasteiger partial charge in [-0.05, 0) is 36.5 Å². The molecule has 3 heteroatoms. The molecule has 18 heavy (non-hydrogen) atoms. The van der Waals surface area contributed by atoms with Gasteiger partial charge in [-0.25, -0.2) is 0 Å². The zero-order chi connectivity index (χ0) is 13.0. The van der Waals surface area contributed by atoms with E-state index in [4.69, 9.17) is 4.74 Å². The number of nitrogens with zero attached hydrogens (tertiary/aromatic N) is 1. The van der Waals surface area contributed by atoms with E-state index in [1.54, 1.807) is 7.11 Å². The fourth-order valence-corrected chi connectivity index (χ4v) is 2.48. The number of piperidine rings is 1. The Bertz CT molecular complexity index is 417. The van der Waals surface area contributed by atoms with Crippen molar-refractivity contribution in [1.82, 2.24) is 4.90 Å². The molecule has 1 unspecified atom stereocenters. The average Bonchev–Trinajstić information content (AvgIpc) is 2.39. The number of likely N-dealkylation sites (tertiary alicyclic amines) is 1. The van der Waals surface area contributed by atoms with Crippen LogP contribution in [-0.2, 0) is 11.2 Å². The lowest BCUT2D eigenvalue weighted by atomic mass is 9.99. The molecule has 2 rings (SSSR count). The van der Waals surface area contributed by atoms with Crippen molar-refractivity contribution < 1.29 is 9.53 Å². The summed E-state index contributed by atoms with van der Waals surface area (Å²) < 4.78 is 5.17. The Hall–Kier alpha value is -1.51. The van der Waals surface area contributed by atoms with Crippen LogP contribution in [0.1, 0.15) is 25.3 Å². The Kier molecular flexibility index (Phi) is 4.24. The van der Waals surface area contributed by atoms with Crippen molar-refractivity contribution in [3.05, 3.63) is 29.8 Å². The molecule has 0 aliphatic carbocycles. The van der Waals surface area contributed by atoms with Gasteiger partial charge >= 0.3 is 0 Å². The number of ether oxygens (including phenoxy) is 1. The molecular weight excluding hydrogens is 226 g/mol. The minimum absolute atomic E-state index is 0.231. The number of carbonyl (C=O) groups is 1. The van der Waals surface area contributed by atoms with Crippen LogP contribution in [0.15, 0.2) is 24.3 Å². The van der Waals surface area contributed by atoms with E-state index in [1.165, 1.54) is 6.42 Å². The van der Waals surface area contributed by atoms with Gasteiger partial charge < -0.3 is 9.64 Å². The molecular formula is C15H21NO2. The molecule has 0 saturated carbocycles. The Labute approximate surface area is 109 Å². The predicted molar refractivity (Wildman–Crippen MR) is 71.7 cm³/mol. The van der Waals surface area contributed by atoms with Crippen LogP contribution < -0.4 is 4.74 Å². The second-order valence-corrected chi connectivity index (χ2v) is 5.12. The van der Waals surface area contributed by atoms with E-state index >= 15 is 0 Å². The Balaban J connectivity index is 1.97. The monoisotopic (exact) mass is 247 g/mol. The molecule has 0 bridgehead atoms. The van der Waals surface area contributed by atoms with Gasteiger partial charge in [0, 0.05) is 13.1 Å². The smallest absolute Gasteiger partial charge is 0.227 e. The maximum atomic E-state index is 12.2. The van der Waals surface area contributed by atoms with E-state index in [1.807, 2.05) is 29.2 Å². The summed E-state index contributed by atoms with van der Waals surface area (Å²) in [6.07, 6.45) is 2.85. The van der Waals surface area contributed by atoms with Gasteiger partial charge in [-0.3, -0.25) is 4.79 Å². The lowest BCUT2D eigenvalue weighted by molar-refractivity contribution is -0.132. The van der Waals surface area contributed by atoms with Gasteiger partial charge in [0.25, 0.3) is 0 Å². The molecule has 3 nitrogen and oxygen atoms in total. The van der Waals surface area contributed by atoms with Crippen LogP contribution in [0.3, 0.4) is 0 Å². The molecule has 0 N–H and O–H groups in total. The lowest BCUT2D eigenvalue weighted by Crippen LogP contribution is -2.39. The van der Waals surface area contributed by atoms with Crippen LogP contribution in [0.25, 0.3) is 0 Å². The molecule has 1 aliphatic rings. The lowest BCUT2D eigenvalue weighted by Gasteiger charge is -2.31. The number of rotatable bonds is 3. The largest absolute Gasteiger partial charge is 0.497 e. The van der Waals surface area contributed by atoms with Crippen LogP contribution in [0.4, 0.5) is 0 Å². The highest BCUT2D eigenvalue weighted by atomic mass is 16.5. The summed E-state index contributed by atoms with van der Waals surface area (Å²) in [6.45, 7) is 4.03. The van der Waals surface area contributed by atoms with Gasteiger partial charge in [-0.15, -0.1) is 0 Å². The van der Waals surface area contributed by atoms with Crippen molar-refractivity contribution in [3.8, 4) is 5.75 Å². The number of benzene rings is 1. The Morgan fingerprint density at radius 1 is 1.50 bits per heavy atom. The van der Waals surface area contributed by atoms with Gasteiger partial charge in [0.05, 0.1) is 13.5 Å². The zero-order valence-corrected chi connectivity index (χ0v) is 11.2. The molecule has 1 fully saturated rings. The third kappa shape index (κ3) is 3.25. The molecule has 1 aromatic carbocycles. The third-order valence-corrected chi connectivity index (χ3v) is 3.50. The number of hydrogen-bond acceptors (Lipinski definition) is 2. The Morgan fingerprint density at radius 2 is 2.33 bits per heavy atom. The number of methoxy groups -OCH3 is 1. The number of amides is 1. The second-order valence-electron chi connectivity index (χ2n) is 5.12. The minimum Gasteiger partial charge on any atom is -0.497 e. The highest BCUT2D eigenvalue weighted by Gasteiger charge is 2.20.